The lowest BCUT2D eigenvalue weighted by atomic mass is 10.0. The van der Waals surface area contributed by atoms with Gasteiger partial charge in [-0.1, -0.05) is 108 Å². The SMILES string of the molecule is CC(C)C(=O)Cc1c[n+](C(C)C)c2n1CCC2.CC(C)C(=O)Cc1c[n+](C(C)C)c2n1CCOC2.CC(C)C(=O)Cc1s[n+](C(C)C)c2c1CCC2.CC(C)C(=O)N1CCOc2c1ccc[n+]2C(C)C.CC(C)C(=O)N1CCc2c[n+](C(C)C)sc21.CC(C)C(=O)Nc1sc2c([n+]1C(C)C)CCC2.CC(C)C(=O)c1c2c(n(C(C)C)[n+]1C)CCC2. The highest BCUT2D eigenvalue weighted by molar-refractivity contribution is 7.15. The van der Waals surface area contributed by atoms with Crippen molar-refractivity contribution in [1.82, 2.24) is 13.8 Å². The van der Waals surface area contributed by atoms with E-state index in [0.717, 1.165) is 91.4 Å². The molecule has 0 fully saturated rings. The Labute approximate surface area is 731 Å². The van der Waals surface area contributed by atoms with Crippen molar-refractivity contribution in [3.63, 3.8) is 0 Å². The van der Waals surface area contributed by atoms with Crippen LogP contribution < -0.4 is 50.7 Å². The fraction of sp³-hybridized carbons (Fsp3) is 0.684. The third-order valence-corrected chi connectivity index (χ3v) is 27.3. The monoisotopic (exact) mass is 1720 g/mol. The van der Waals surface area contributed by atoms with Crippen molar-refractivity contribution in [1.29, 1.82) is 0 Å². The fourth-order valence-corrected chi connectivity index (χ4v) is 20.3. The molecule has 3 amide bonds. The molecule has 7 aromatic rings. The Balaban J connectivity index is 0.000000174. The van der Waals surface area contributed by atoms with Gasteiger partial charge in [-0.15, -0.1) is 12.6 Å². The second-order valence-electron chi connectivity index (χ2n) is 37.6. The van der Waals surface area contributed by atoms with E-state index in [2.05, 4.69) is 166 Å². The number of ether oxygens (including phenoxy) is 2. The van der Waals surface area contributed by atoms with Gasteiger partial charge in [-0.2, -0.15) is 9.25 Å². The summed E-state index contributed by atoms with van der Waals surface area (Å²) >= 11 is 5.27. The van der Waals surface area contributed by atoms with E-state index < -0.39 is 0 Å². The number of thiazole rings is 1. The molecule has 0 atom stereocenters. The molecule has 0 aromatic carbocycles. The van der Waals surface area contributed by atoms with E-state index in [1.54, 1.807) is 22.9 Å². The van der Waals surface area contributed by atoms with Crippen LogP contribution in [-0.4, -0.2) is 81.0 Å². The second-order valence-corrected chi connectivity index (χ2v) is 40.7. The van der Waals surface area contributed by atoms with E-state index in [1.807, 2.05) is 144 Å². The molecule has 7 aliphatic rings. The number of nitrogens with one attached hydrogen (secondary N) is 1. The molecule has 0 saturated carbocycles. The van der Waals surface area contributed by atoms with Gasteiger partial charge in [-0.25, -0.2) is 32.9 Å². The number of anilines is 3. The molecule has 4 aliphatic heterocycles. The van der Waals surface area contributed by atoms with E-state index >= 15 is 0 Å². The molecule has 3 aliphatic carbocycles. The zero-order valence-electron chi connectivity index (χ0n) is 78.9. The number of hydrogen-bond donors (Lipinski definition) is 1. The van der Waals surface area contributed by atoms with Crippen LogP contribution in [-0.2, 0) is 131 Å². The maximum Gasteiger partial charge on any atom is 0.392 e. The Morgan fingerprint density at radius 1 is 0.492 bits per heavy atom. The molecule has 1 N–H and O–H groups in total. The maximum atomic E-state index is 12.3. The molecule has 22 nitrogen and oxygen atoms in total. The smallest absolute Gasteiger partial charge is 0.392 e. The van der Waals surface area contributed by atoms with E-state index in [4.69, 9.17) is 9.47 Å². The van der Waals surface area contributed by atoms with Crippen LogP contribution in [0.25, 0.3) is 0 Å². The summed E-state index contributed by atoms with van der Waals surface area (Å²) in [7, 11) is 2.02. The molecule has 0 radical (unpaired) electrons. The summed E-state index contributed by atoms with van der Waals surface area (Å²) in [5.41, 5.74) is 12.6. The minimum Gasteiger partial charge on any atom is -0.441 e. The quantitative estimate of drug-likeness (QED) is 0.0507. The minimum atomic E-state index is 0.00339. The molecule has 11 heterocycles. The summed E-state index contributed by atoms with van der Waals surface area (Å²) in [4.78, 5) is 90.6. The van der Waals surface area contributed by atoms with E-state index in [9.17, 15) is 33.6 Å². The highest BCUT2D eigenvalue weighted by Crippen LogP contribution is 2.36. The first-order valence-electron chi connectivity index (χ1n) is 45.3. The van der Waals surface area contributed by atoms with Gasteiger partial charge in [0.15, 0.2) is 71.2 Å². The van der Waals surface area contributed by atoms with Crippen LogP contribution in [0.3, 0.4) is 0 Å². The van der Waals surface area contributed by atoms with E-state index in [-0.39, 0.29) is 64.9 Å². The zero-order valence-corrected chi connectivity index (χ0v) is 81.3. The van der Waals surface area contributed by atoms with Crippen LogP contribution in [0.4, 0.5) is 15.8 Å². The van der Waals surface area contributed by atoms with Crippen LogP contribution in [0.2, 0.25) is 0 Å². The Bertz CT molecular complexity index is 4620. The first kappa shape index (κ1) is 98.0. The number of carbonyl (C=O) groups is 7. The van der Waals surface area contributed by atoms with E-state index in [0.29, 0.717) is 98.7 Å². The average Bonchev–Trinajstić information content (AvgIpc) is 1.58. The van der Waals surface area contributed by atoms with Gasteiger partial charge in [0.1, 0.15) is 72.4 Å². The third-order valence-electron chi connectivity index (χ3n) is 23.3. The van der Waals surface area contributed by atoms with Crippen molar-refractivity contribution in [3.8, 4) is 5.88 Å². The number of Topliss-reactive ketones (excluding diaryl/α,β-unsaturated/α-hetero) is 4. The second kappa shape index (κ2) is 43.7. The highest BCUT2D eigenvalue weighted by Gasteiger charge is 2.41. The van der Waals surface area contributed by atoms with Gasteiger partial charge in [0.2, 0.25) is 17.6 Å². The Morgan fingerprint density at radius 3 is 1.60 bits per heavy atom. The molecule has 662 valence electrons. The zero-order chi connectivity index (χ0) is 88.9. The van der Waals surface area contributed by atoms with Gasteiger partial charge < -0.3 is 14.4 Å². The van der Waals surface area contributed by atoms with Crippen molar-refractivity contribution in [3.05, 3.63) is 109 Å². The summed E-state index contributed by atoms with van der Waals surface area (Å²) in [5, 5.41) is 5.24. The number of aromatic nitrogens is 10. The van der Waals surface area contributed by atoms with Crippen molar-refractivity contribution < 1.29 is 73.9 Å². The lowest BCUT2D eigenvalue weighted by Crippen LogP contribution is -2.46. The number of aryl methyl sites for hydroxylation is 1. The van der Waals surface area contributed by atoms with Gasteiger partial charge in [-0.3, -0.25) is 33.7 Å². The van der Waals surface area contributed by atoms with E-state index in [1.165, 1.54) is 106 Å². The number of ketones is 4. The van der Waals surface area contributed by atoms with Gasteiger partial charge >= 0.3 is 16.9 Å². The third kappa shape index (κ3) is 23.7. The molecular formula is C95H152N13O9S3+7. The number of imidazole rings is 2. The van der Waals surface area contributed by atoms with Crippen molar-refractivity contribution >= 4 is 91.1 Å². The minimum absolute atomic E-state index is 0.00339. The van der Waals surface area contributed by atoms with Crippen LogP contribution in [0.1, 0.15) is 339 Å². The maximum absolute atomic E-state index is 12.3. The van der Waals surface area contributed by atoms with Crippen molar-refractivity contribution in [2.24, 2.45) is 48.5 Å². The van der Waals surface area contributed by atoms with Gasteiger partial charge in [0.25, 0.3) is 17.3 Å². The number of amides is 3. The predicted octanol–water partition coefficient (Wildman–Crippen LogP) is 15.6. The van der Waals surface area contributed by atoms with Crippen molar-refractivity contribution in [2.45, 2.75) is 352 Å². The molecule has 25 heteroatoms. The molecule has 0 unspecified atom stereocenters. The summed E-state index contributed by atoms with van der Waals surface area (Å²) < 4.78 is 33.8. The largest absolute Gasteiger partial charge is 0.441 e. The Morgan fingerprint density at radius 2 is 1.05 bits per heavy atom. The average molecular weight is 1720 g/mol. The normalized spacial score (nSPS) is 14.8. The molecule has 0 spiro atoms. The molecular weight excluding hydrogens is 1560 g/mol. The first-order chi connectivity index (χ1) is 56.5. The molecule has 7 aromatic heterocycles. The van der Waals surface area contributed by atoms with Crippen LogP contribution in [0, 0.1) is 41.4 Å². The molecule has 120 heavy (non-hydrogen) atoms. The highest BCUT2D eigenvalue weighted by atomic mass is 32.1. The lowest BCUT2D eigenvalue weighted by Gasteiger charge is -2.28. The van der Waals surface area contributed by atoms with Crippen LogP contribution in [0.5, 0.6) is 5.88 Å². The Kier molecular flexibility index (Phi) is 35.7. The van der Waals surface area contributed by atoms with Crippen LogP contribution >= 0.6 is 34.4 Å². The number of pyridine rings is 1. The summed E-state index contributed by atoms with van der Waals surface area (Å²) in [6.07, 6.45) is 24.2. The summed E-state index contributed by atoms with van der Waals surface area (Å²) in [6.45, 7) is 63.3. The first-order valence-corrected chi connectivity index (χ1v) is 47.7. The van der Waals surface area contributed by atoms with Gasteiger partial charge in [0, 0.05) is 72.9 Å². The number of hydrogen-bond acceptors (Lipinski definition) is 12. The lowest BCUT2D eigenvalue weighted by molar-refractivity contribution is -0.757. The van der Waals surface area contributed by atoms with Crippen molar-refractivity contribution in [2.75, 3.05) is 41.4 Å². The molecule has 0 saturated heterocycles. The molecule has 0 bridgehead atoms. The topological polar surface area (TPSA) is 198 Å². The predicted molar refractivity (Wildman–Crippen MR) is 479 cm³/mol. The molecule has 14 rings (SSSR count). The number of nitrogens with zero attached hydrogens (tertiary/aromatic N) is 12. The number of rotatable bonds is 22. The summed E-state index contributed by atoms with van der Waals surface area (Å²) in [6, 6.07) is 6.95. The fourth-order valence-electron chi connectivity index (χ4n) is 16.5. The Hall–Kier alpha value is -7.48. The number of fused-ring (bicyclic) bond motifs is 7. The summed E-state index contributed by atoms with van der Waals surface area (Å²) in [5.74, 6) is 5.78. The van der Waals surface area contributed by atoms with Crippen LogP contribution in [0.15, 0.2) is 36.9 Å². The van der Waals surface area contributed by atoms with Gasteiger partial charge in [0.05, 0.1) is 95.6 Å². The standard InChI is InChI=1S/C14H23N2O2.C14H21N2O2.2C14H23N2O.C14H22NOS.C13H20N2OS.C12H19N2OS/c1-10(2)13(17)7-12-8-16(11(3)4)14-9-18-6-5-15(12)14;1-10(2)13(17)16-8-9-18-14-12(16)6-5-7-15(14)11(3)4;1-9(2)14(17)13-11-7-6-8-12(11)16(10(3)4)15(13)5;1-10(2)13(17)8-12-9-16(11(3)4)14-6-5-7-15(12)14;1-9(2)13(16)8-14-11-6-5-7-12(11)15(17-14)10(3)4;1-8(2)12(16)14-13-15(9(3)4)10-6-5-7-11(10)17-13;1-8(2)11(15)13-6-5-10-7-14(9(3)4)16-12(10)13/h8,10-11H,5-7,9H2,1-4H3;5-7,10-11H,8-9H2,1-4H3;9-10H,6-8H2,1-5H3;9-11H,5-8H2,1-4H3;9-10H,5-8H2,1-4H3;8-9H,5-7H2,1-4H3;7-9H,5-6H2,1-4H3/q5*+1;;+1/p+1. The number of carbonyl (C=O) groups excluding carboxylic acids is 7. The van der Waals surface area contributed by atoms with Gasteiger partial charge in [-0.05, 0) is 161 Å².